The SMILES string of the molecule is C=CC(=O)NC(CCCOC)C(=O)O. The molecule has 0 saturated heterocycles. The molecular weight excluding hydrogens is 186 g/mol. The Kier molecular flexibility index (Phi) is 6.39. The van der Waals surface area contributed by atoms with Gasteiger partial charge in [-0.25, -0.2) is 4.79 Å². The fourth-order valence-corrected chi connectivity index (χ4v) is 0.920. The number of nitrogens with one attached hydrogen (secondary N) is 1. The number of amides is 1. The summed E-state index contributed by atoms with van der Waals surface area (Å²) in [6, 6.07) is -0.865. The van der Waals surface area contributed by atoms with Gasteiger partial charge in [-0.3, -0.25) is 4.79 Å². The van der Waals surface area contributed by atoms with Gasteiger partial charge in [-0.1, -0.05) is 6.58 Å². The van der Waals surface area contributed by atoms with Crippen LogP contribution in [0.5, 0.6) is 0 Å². The predicted octanol–water partition coefficient (Wildman–Crippen LogP) is 0.168. The van der Waals surface area contributed by atoms with Crippen molar-refractivity contribution in [3.8, 4) is 0 Å². The summed E-state index contributed by atoms with van der Waals surface area (Å²) in [5.74, 6) is -1.52. The second kappa shape index (κ2) is 7.08. The summed E-state index contributed by atoms with van der Waals surface area (Å²) in [6.45, 7) is 3.72. The number of hydrogen-bond donors (Lipinski definition) is 2. The fraction of sp³-hybridized carbons (Fsp3) is 0.556. The largest absolute Gasteiger partial charge is 0.480 e. The Bertz CT molecular complexity index is 215. The van der Waals surface area contributed by atoms with Gasteiger partial charge in [0.1, 0.15) is 6.04 Å². The lowest BCUT2D eigenvalue weighted by molar-refractivity contribution is -0.141. The van der Waals surface area contributed by atoms with Crippen molar-refractivity contribution in [2.24, 2.45) is 0 Å². The number of aliphatic carboxylic acids is 1. The molecule has 0 saturated carbocycles. The molecule has 0 aliphatic rings. The molecule has 5 nitrogen and oxygen atoms in total. The first-order valence-electron chi connectivity index (χ1n) is 4.26. The van der Waals surface area contributed by atoms with Crippen molar-refractivity contribution in [2.75, 3.05) is 13.7 Å². The van der Waals surface area contributed by atoms with Crippen LogP contribution in [0.4, 0.5) is 0 Å². The minimum atomic E-state index is -1.05. The van der Waals surface area contributed by atoms with E-state index < -0.39 is 17.9 Å². The lowest BCUT2D eigenvalue weighted by Gasteiger charge is -2.12. The zero-order valence-corrected chi connectivity index (χ0v) is 8.16. The number of rotatable bonds is 7. The summed E-state index contributed by atoms with van der Waals surface area (Å²) in [7, 11) is 1.54. The maximum atomic E-state index is 10.8. The van der Waals surface area contributed by atoms with Crippen LogP contribution >= 0.6 is 0 Å². The third kappa shape index (κ3) is 5.31. The Labute approximate surface area is 82.7 Å². The van der Waals surface area contributed by atoms with E-state index in [0.29, 0.717) is 19.4 Å². The minimum absolute atomic E-state index is 0.350. The maximum absolute atomic E-state index is 10.8. The predicted molar refractivity (Wildman–Crippen MR) is 50.9 cm³/mol. The molecule has 0 aromatic rings. The van der Waals surface area contributed by atoms with Crippen LogP contribution in [0.1, 0.15) is 12.8 Å². The van der Waals surface area contributed by atoms with Gasteiger partial charge in [0.05, 0.1) is 0 Å². The Balaban J connectivity index is 3.96. The van der Waals surface area contributed by atoms with Gasteiger partial charge in [0.15, 0.2) is 0 Å². The number of carboxylic acids is 1. The smallest absolute Gasteiger partial charge is 0.326 e. The van der Waals surface area contributed by atoms with Gasteiger partial charge in [-0.15, -0.1) is 0 Å². The van der Waals surface area contributed by atoms with E-state index in [-0.39, 0.29) is 0 Å². The molecule has 0 aromatic carbocycles. The highest BCUT2D eigenvalue weighted by Crippen LogP contribution is 1.98. The molecule has 1 atom stereocenters. The van der Waals surface area contributed by atoms with E-state index in [1.54, 1.807) is 0 Å². The lowest BCUT2D eigenvalue weighted by atomic mass is 10.1. The number of carbonyl (C=O) groups excluding carboxylic acids is 1. The van der Waals surface area contributed by atoms with Crippen molar-refractivity contribution in [3.05, 3.63) is 12.7 Å². The highest BCUT2D eigenvalue weighted by Gasteiger charge is 2.17. The van der Waals surface area contributed by atoms with E-state index in [0.717, 1.165) is 6.08 Å². The van der Waals surface area contributed by atoms with Gasteiger partial charge in [-0.05, 0) is 18.9 Å². The van der Waals surface area contributed by atoms with Crippen LogP contribution in [-0.4, -0.2) is 36.7 Å². The van der Waals surface area contributed by atoms with E-state index in [2.05, 4.69) is 11.9 Å². The van der Waals surface area contributed by atoms with Crippen LogP contribution in [0, 0.1) is 0 Å². The fourth-order valence-electron chi connectivity index (χ4n) is 0.920. The van der Waals surface area contributed by atoms with Crippen LogP contribution in [0.15, 0.2) is 12.7 Å². The molecule has 0 aliphatic heterocycles. The zero-order chi connectivity index (χ0) is 11.0. The minimum Gasteiger partial charge on any atom is -0.480 e. The molecule has 14 heavy (non-hydrogen) atoms. The van der Waals surface area contributed by atoms with E-state index in [9.17, 15) is 9.59 Å². The summed E-state index contributed by atoms with van der Waals surface area (Å²) >= 11 is 0. The first-order valence-corrected chi connectivity index (χ1v) is 4.26. The quantitative estimate of drug-likeness (QED) is 0.454. The van der Waals surface area contributed by atoms with Crippen LogP contribution in [0.25, 0.3) is 0 Å². The molecule has 0 aliphatic carbocycles. The molecule has 0 fully saturated rings. The second-order valence-electron chi connectivity index (χ2n) is 2.74. The van der Waals surface area contributed by atoms with Crippen molar-refractivity contribution in [1.29, 1.82) is 0 Å². The monoisotopic (exact) mass is 201 g/mol. The van der Waals surface area contributed by atoms with Crippen LogP contribution in [0.2, 0.25) is 0 Å². The molecule has 0 heterocycles. The van der Waals surface area contributed by atoms with Crippen molar-refractivity contribution in [1.82, 2.24) is 5.32 Å². The highest BCUT2D eigenvalue weighted by molar-refractivity contribution is 5.90. The van der Waals surface area contributed by atoms with Crippen molar-refractivity contribution in [3.63, 3.8) is 0 Å². The molecule has 0 radical (unpaired) electrons. The molecule has 1 unspecified atom stereocenters. The molecular formula is C9H15NO4. The van der Waals surface area contributed by atoms with Gasteiger partial charge >= 0.3 is 5.97 Å². The van der Waals surface area contributed by atoms with Crippen molar-refractivity contribution in [2.45, 2.75) is 18.9 Å². The van der Waals surface area contributed by atoms with Gasteiger partial charge in [0.2, 0.25) is 5.91 Å². The van der Waals surface area contributed by atoms with Crippen LogP contribution in [-0.2, 0) is 14.3 Å². The summed E-state index contributed by atoms with van der Waals surface area (Å²) in [6.07, 6.45) is 1.99. The molecule has 80 valence electrons. The standard InChI is InChI=1S/C9H15NO4/c1-3-8(11)10-7(9(12)13)5-4-6-14-2/h3,7H,1,4-6H2,2H3,(H,10,11)(H,12,13). The molecule has 5 heteroatoms. The third-order valence-corrected chi connectivity index (χ3v) is 1.64. The Hall–Kier alpha value is -1.36. The highest BCUT2D eigenvalue weighted by atomic mass is 16.5. The summed E-state index contributed by atoms with van der Waals surface area (Å²) < 4.78 is 4.78. The van der Waals surface area contributed by atoms with Gasteiger partial charge in [0.25, 0.3) is 0 Å². The zero-order valence-electron chi connectivity index (χ0n) is 8.16. The molecule has 0 rings (SSSR count). The first kappa shape index (κ1) is 12.6. The number of ether oxygens (including phenoxy) is 1. The normalized spacial score (nSPS) is 11.8. The first-order chi connectivity index (χ1) is 6.61. The lowest BCUT2D eigenvalue weighted by Crippen LogP contribution is -2.40. The van der Waals surface area contributed by atoms with E-state index in [1.807, 2.05) is 0 Å². The number of carbonyl (C=O) groups is 2. The Morgan fingerprint density at radius 2 is 2.29 bits per heavy atom. The number of methoxy groups -OCH3 is 1. The van der Waals surface area contributed by atoms with Gasteiger partial charge in [-0.2, -0.15) is 0 Å². The van der Waals surface area contributed by atoms with E-state index in [1.165, 1.54) is 7.11 Å². The van der Waals surface area contributed by atoms with Gasteiger partial charge < -0.3 is 15.2 Å². The third-order valence-electron chi connectivity index (χ3n) is 1.64. The molecule has 1 amide bonds. The summed E-state index contributed by atoms with van der Waals surface area (Å²) in [4.78, 5) is 21.5. The average molecular weight is 201 g/mol. The topological polar surface area (TPSA) is 75.6 Å². The van der Waals surface area contributed by atoms with E-state index in [4.69, 9.17) is 9.84 Å². The molecule has 2 N–H and O–H groups in total. The molecule has 0 aromatic heterocycles. The van der Waals surface area contributed by atoms with Crippen molar-refractivity contribution < 1.29 is 19.4 Å². The summed E-state index contributed by atoms with van der Waals surface area (Å²) in [5.41, 5.74) is 0. The Morgan fingerprint density at radius 3 is 2.71 bits per heavy atom. The van der Waals surface area contributed by atoms with Crippen molar-refractivity contribution >= 4 is 11.9 Å². The average Bonchev–Trinajstić information content (AvgIpc) is 2.16. The number of hydrogen-bond acceptors (Lipinski definition) is 3. The van der Waals surface area contributed by atoms with Gasteiger partial charge in [0, 0.05) is 13.7 Å². The number of carboxylic acid groups (broad SMARTS) is 1. The van der Waals surface area contributed by atoms with Crippen LogP contribution in [0.3, 0.4) is 0 Å². The Morgan fingerprint density at radius 1 is 1.64 bits per heavy atom. The maximum Gasteiger partial charge on any atom is 0.326 e. The van der Waals surface area contributed by atoms with E-state index >= 15 is 0 Å². The summed E-state index contributed by atoms with van der Waals surface area (Å²) in [5, 5.41) is 11.0. The molecule has 0 spiro atoms. The second-order valence-corrected chi connectivity index (χ2v) is 2.74. The molecule has 0 bridgehead atoms. The van der Waals surface area contributed by atoms with Crippen LogP contribution < -0.4 is 5.32 Å².